The number of nitrogens with one attached hydrogen (secondary N) is 2. The molecule has 0 spiro atoms. The van der Waals surface area contributed by atoms with Gasteiger partial charge < -0.3 is 34.2 Å². The first-order chi connectivity index (χ1) is 22.4. The van der Waals surface area contributed by atoms with Gasteiger partial charge in [0.2, 0.25) is 0 Å². The smallest absolute Gasteiger partial charge is 0.258 e. The molecule has 6 aromatic rings. The van der Waals surface area contributed by atoms with Crippen LogP contribution in [0.3, 0.4) is 0 Å². The molecule has 0 aliphatic rings. The van der Waals surface area contributed by atoms with Gasteiger partial charge in [-0.05, 0) is 66.1 Å². The molecule has 0 aliphatic heterocycles. The fourth-order valence-electron chi connectivity index (χ4n) is 6.18. The number of aromatic nitrogens is 2. The third kappa shape index (κ3) is 5.40. The minimum Gasteiger partial charge on any atom is -0.507 e. The summed E-state index contributed by atoms with van der Waals surface area (Å²) in [6.45, 7) is 0.314. The number of carbonyl (C=O) groups is 1. The molecule has 2 heterocycles. The van der Waals surface area contributed by atoms with Crippen molar-refractivity contribution >= 4 is 27.7 Å². The van der Waals surface area contributed by atoms with E-state index in [9.17, 15) is 14.7 Å². The van der Waals surface area contributed by atoms with E-state index in [1.54, 1.807) is 44.0 Å². The van der Waals surface area contributed by atoms with Crippen LogP contribution in [0.4, 0.5) is 0 Å². The molecule has 0 fully saturated rings. The first kappa shape index (κ1) is 30.3. The van der Waals surface area contributed by atoms with Crippen molar-refractivity contribution in [2.24, 2.45) is 7.05 Å². The Bertz CT molecular complexity index is 2130. The van der Waals surface area contributed by atoms with Crippen molar-refractivity contribution in [3.63, 3.8) is 0 Å². The summed E-state index contributed by atoms with van der Waals surface area (Å²) in [5.41, 5.74) is 4.33. The first-order valence-electron chi connectivity index (χ1n) is 14.9. The molecule has 9 nitrogen and oxygen atoms in total. The maximum absolute atomic E-state index is 14.1. The van der Waals surface area contributed by atoms with Gasteiger partial charge in [0, 0.05) is 41.1 Å². The highest BCUT2D eigenvalue weighted by atomic mass is 16.5. The fraction of sp³-hybridized carbons (Fsp3) is 0.189. The van der Waals surface area contributed by atoms with E-state index in [-0.39, 0.29) is 22.8 Å². The Balaban J connectivity index is 1.47. The zero-order valence-corrected chi connectivity index (χ0v) is 26.1. The number of fused-ring (bicyclic) bond motifs is 2. The van der Waals surface area contributed by atoms with Gasteiger partial charge in [0.05, 0.1) is 38.3 Å². The topological polar surface area (TPSA) is 115 Å². The van der Waals surface area contributed by atoms with Crippen molar-refractivity contribution in [2.75, 3.05) is 27.9 Å². The molecule has 0 saturated heterocycles. The molecule has 3 N–H and O–H groups in total. The SMILES string of the molecule is COc1cccc(C(c2[nH]c3ccccc3c2CCNC(=O)c2ccc(OC)c(OC)c2)c2c(O)c3ccccc3n(C)c2=O)c1. The van der Waals surface area contributed by atoms with Crippen LogP contribution in [-0.4, -0.2) is 48.4 Å². The van der Waals surface area contributed by atoms with Crippen molar-refractivity contribution in [1.29, 1.82) is 0 Å². The van der Waals surface area contributed by atoms with Crippen LogP contribution in [-0.2, 0) is 13.5 Å². The minimum atomic E-state index is -0.678. The second kappa shape index (κ2) is 12.7. The second-order valence-corrected chi connectivity index (χ2v) is 11.0. The number of pyridine rings is 1. The Labute approximate surface area is 266 Å². The van der Waals surface area contributed by atoms with E-state index in [1.807, 2.05) is 72.8 Å². The van der Waals surface area contributed by atoms with Gasteiger partial charge in [0.25, 0.3) is 11.5 Å². The van der Waals surface area contributed by atoms with Crippen LogP contribution >= 0.6 is 0 Å². The highest BCUT2D eigenvalue weighted by molar-refractivity contribution is 5.95. The summed E-state index contributed by atoms with van der Waals surface area (Å²) in [6.07, 6.45) is 0.452. The molecule has 0 bridgehead atoms. The maximum atomic E-state index is 14.1. The number of nitrogens with zero attached hydrogens (tertiary/aromatic N) is 1. The molecule has 1 amide bonds. The van der Waals surface area contributed by atoms with Gasteiger partial charge in [-0.3, -0.25) is 9.59 Å². The molecule has 1 unspecified atom stereocenters. The summed E-state index contributed by atoms with van der Waals surface area (Å²) in [4.78, 5) is 30.9. The number of methoxy groups -OCH3 is 3. The van der Waals surface area contributed by atoms with Gasteiger partial charge in [-0.1, -0.05) is 42.5 Å². The molecule has 6 rings (SSSR count). The van der Waals surface area contributed by atoms with Crippen molar-refractivity contribution in [3.05, 3.63) is 129 Å². The number of aromatic hydroxyl groups is 1. The number of benzene rings is 4. The molecular formula is C37H35N3O6. The first-order valence-corrected chi connectivity index (χ1v) is 14.9. The van der Waals surface area contributed by atoms with E-state index in [4.69, 9.17) is 14.2 Å². The van der Waals surface area contributed by atoms with Crippen LogP contribution in [0.15, 0.2) is 95.8 Å². The zero-order valence-electron chi connectivity index (χ0n) is 26.1. The normalized spacial score (nSPS) is 11.8. The summed E-state index contributed by atoms with van der Waals surface area (Å²) >= 11 is 0. The molecule has 46 heavy (non-hydrogen) atoms. The molecule has 0 aliphatic carbocycles. The highest BCUT2D eigenvalue weighted by Crippen LogP contribution is 2.41. The summed E-state index contributed by atoms with van der Waals surface area (Å²) in [5.74, 6) is 0.619. The molecule has 0 saturated carbocycles. The third-order valence-electron chi connectivity index (χ3n) is 8.47. The maximum Gasteiger partial charge on any atom is 0.258 e. The Morgan fingerprint density at radius 1 is 0.870 bits per heavy atom. The second-order valence-electron chi connectivity index (χ2n) is 11.0. The average Bonchev–Trinajstić information content (AvgIpc) is 3.46. The number of aryl methyl sites for hydroxylation is 1. The number of amides is 1. The largest absolute Gasteiger partial charge is 0.507 e. The summed E-state index contributed by atoms with van der Waals surface area (Å²) < 4.78 is 17.8. The zero-order chi connectivity index (χ0) is 32.4. The van der Waals surface area contributed by atoms with Gasteiger partial charge >= 0.3 is 0 Å². The standard InChI is InChI=1S/C37H35N3O6/c1-40-29-15-8-6-13-27(29)35(41)33(37(40)43)32(22-10-9-11-24(20-22)44-2)34-26(25-12-5-7-14-28(25)39-34)18-19-38-36(42)23-16-17-30(45-3)31(21-23)46-4/h5-17,20-21,32,39,41H,18-19H2,1-4H3,(H,38,42). The van der Waals surface area contributed by atoms with E-state index < -0.39 is 5.92 Å². The molecule has 9 heteroatoms. The summed E-state index contributed by atoms with van der Waals surface area (Å²) in [6, 6.07) is 27.7. The number of para-hydroxylation sites is 2. The number of rotatable bonds is 10. The van der Waals surface area contributed by atoms with Crippen molar-refractivity contribution in [2.45, 2.75) is 12.3 Å². The van der Waals surface area contributed by atoms with Crippen molar-refractivity contribution < 1.29 is 24.1 Å². The molecule has 4 aromatic carbocycles. The molecular weight excluding hydrogens is 582 g/mol. The predicted octanol–water partition coefficient (Wildman–Crippen LogP) is 5.90. The lowest BCUT2D eigenvalue weighted by Crippen LogP contribution is -2.27. The van der Waals surface area contributed by atoms with E-state index >= 15 is 0 Å². The molecule has 2 aromatic heterocycles. The quantitative estimate of drug-likeness (QED) is 0.176. The van der Waals surface area contributed by atoms with Gasteiger partial charge in [0.15, 0.2) is 11.5 Å². The van der Waals surface area contributed by atoms with Crippen LogP contribution in [0.2, 0.25) is 0 Å². The Morgan fingerprint density at radius 3 is 2.37 bits per heavy atom. The average molecular weight is 618 g/mol. The van der Waals surface area contributed by atoms with Gasteiger partial charge in [-0.25, -0.2) is 0 Å². The third-order valence-corrected chi connectivity index (χ3v) is 8.47. The fourth-order valence-corrected chi connectivity index (χ4v) is 6.18. The number of hydrogen-bond donors (Lipinski definition) is 3. The van der Waals surface area contributed by atoms with E-state index in [0.717, 1.165) is 27.7 Å². The van der Waals surface area contributed by atoms with Crippen molar-refractivity contribution in [1.82, 2.24) is 14.9 Å². The van der Waals surface area contributed by atoms with E-state index in [1.165, 1.54) is 7.11 Å². The minimum absolute atomic E-state index is 0.0714. The van der Waals surface area contributed by atoms with Crippen LogP contribution in [0.5, 0.6) is 23.0 Å². The molecule has 0 radical (unpaired) electrons. The molecule has 234 valence electrons. The van der Waals surface area contributed by atoms with Crippen molar-refractivity contribution in [3.8, 4) is 23.0 Å². The predicted molar refractivity (Wildman–Crippen MR) is 179 cm³/mol. The highest BCUT2D eigenvalue weighted by Gasteiger charge is 2.30. The number of H-pyrrole nitrogens is 1. The molecule has 1 atom stereocenters. The van der Waals surface area contributed by atoms with E-state index in [2.05, 4.69) is 10.3 Å². The van der Waals surface area contributed by atoms with Crippen LogP contribution < -0.4 is 25.1 Å². The lowest BCUT2D eigenvalue weighted by atomic mass is 9.85. The van der Waals surface area contributed by atoms with Gasteiger partial charge in [0.1, 0.15) is 11.5 Å². The van der Waals surface area contributed by atoms with E-state index in [0.29, 0.717) is 46.7 Å². The van der Waals surface area contributed by atoms with Crippen LogP contribution in [0.25, 0.3) is 21.8 Å². The number of ether oxygens (including phenoxy) is 3. The monoisotopic (exact) mass is 617 g/mol. The van der Waals surface area contributed by atoms with Crippen LogP contribution in [0.1, 0.15) is 38.7 Å². The lowest BCUT2D eigenvalue weighted by molar-refractivity contribution is 0.0953. The Morgan fingerprint density at radius 2 is 1.61 bits per heavy atom. The number of hydrogen-bond acceptors (Lipinski definition) is 6. The Hall–Kier alpha value is -5.70. The van der Waals surface area contributed by atoms with Gasteiger partial charge in [-0.2, -0.15) is 0 Å². The summed E-state index contributed by atoms with van der Waals surface area (Å²) in [5, 5.41) is 16.3. The van der Waals surface area contributed by atoms with Crippen LogP contribution in [0, 0.1) is 0 Å². The number of carbonyl (C=O) groups excluding carboxylic acids is 1. The lowest BCUT2D eigenvalue weighted by Gasteiger charge is -2.22. The number of aromatic amines is 1. The Kier molecular flexibility index (Phi) is 8.39. The summed E-state index contributed by atoms with van der Waals surface area (Å²) in [7, 11) is 6.38. The van der Waals surface area contributed by atoms with Gasteiger partial charge in [-0.15, -0.1) is 0 Å².